The van der Waals surface area contributed by atoms with Gasteiger partial charge in [0.15, 0.2) is 0 Å². The van der Waals surface area contributed by atoms with Gasteiger partial charge in [0.25, 0.3) is 0 Å². The van der Waals surface area contributed by atoms with Crippen molar-refractivity contribution in [2.24, 2.45) is 5.41 Å². The van der Waals surface area contributed by atoms with E-state index in [9.17, 15) is 4.79 Å². The van der Waals surface area contributed by atoms with Crippen molar-refractivity contribution in [1.82, 2.24) is 14.9 Å². The van der Waals surface area contributed by atoms with Crippen LogP contribution >= 0.6 is 0 Å². The van der Waals surface area contributed by atoms with Gasteiger partial charge in [-0.2, -0.15) is 0 Å². The minimum atomic E-state index is -0.809. The SMILES string of the molecule is COCCNCc1cn(CC(C)(C)C(=O)O)cn1. The van der Waals surface area contributed by atoms with Gasteiger partial charge in [-0.15, -0.1) is 0 Å². The van der Waals surface area contributed by atoms with E-state index in [1.807, 2.05) is 6.20 Å². The summed E-state index contributed by atoms with van der Waals surface area (Å²) in [6.45, 7) is 5.89. The number of rotatable bonds is 8. The number of nitrogens with one attached hydrogen (secondary N) is 1. The van der Waals surface area contributed by atoms with Crippen molar-refractivity contribution < 1.29 is 14.6 Å². The van der Waals surface area contributed by atoms with E-state index in [1.54, 1.807) is 31.9 Å². The van der Waals surface area contributed by atoms with Gasteiger partial charge in [-0.25, -0.2) is 4.98 Å². The topological polar surface area (TPSA) is 76.4 Å². The fourth-order valence-corrected chi connectivity index (χ4v) is 1.50. The Kier molecular flexibility index (Phi) is 5.30. The van der Waals surface area contributed by atoms with Crippen molar-refractivity contribution in [3.8, 4) is 0 Å². The number of carboxylic acid groups (broad SMARTS) is 1. The number of carbonyl (C=O) groups is 1. The van der Waals surface area contributed by atoms with Crippen molar-refractivity contribution in [2.75, 3.05) is 20.3 Å². The molecule has 0 spiro atoms. The van der Waals surface area contributed by atoms with Crippen molar-refractivity contribution in [2.45, 2.75) is 26.9 Å². The quantitative estimate of drug-likeness (QED) is 0.670. The summed E-state index contributed by atoms with van der Waals surface area (Å²) < 4.78 is 6.73. The van der Waals surface area contributed by atoms with Gasteiger partial charge >= 0.3 is 5.97 Å². The second kappa shape index (κ2) is 6.51. The van der Waals surface area contributed by atoms with Crippen LogP contribution in [0.25, 0.3) is 0 Å². The largest absolute Gasteiger partial charge is 0.481 e. The van der Waals surface area contributed by atoms with Gasteiger partial charge in [-0.3, -0.25) is 4.79 Å². The summed E-state index contributed by atoms with van der Waals surface area (Å²) in [5, 5.41) is 12.2. The maximum absolute atomic E-state index is 11.0. The number of methoxy groups -OCH3 is 1. The smallest absolute Gasteiger partial charge is 0.310 e. The minimum absolute atomic E-state index is 0.410. The Hall–Kier alpha value is -1.40. The second-order valence-electron chi connectivity index (χ2n) is 4.90. The Labute approximate surface area is 107 Å². The van der Waals surface area contributed by atoms with Crippen LogP contribution in [0.1, 0.15) is 19.5 Å². The summed E-state index contributed by atoms with van der Waals surface area (Å²) in [4.78, 5) is 15.2. The van der Waals surface area contributed by atoms with E-state index >= 15 is 0 Å². The number of ether oxygens (including phenoxy) is 1. The standard InChI is InChI=1S/C12H21N3O3/c1-12(2,11(16)17)8-15-7-10(14-9-15)6-13-4-5-18-3/h7,9,13H,4-6,8H2,1-3H3,(H,16,17). The third kappa shape index (κ3) is 4.46. The fourth-order valence-electron chi connectivity index (χ4n) is 1.50. The highest BCUT2D eigenvalue weighted by Gasteiger charge is 2.27. The third-order valence-electron chi connectivity index (χ3n) is 2.63. The fraction of sp³-hybridized carbons (Fsp3) is 0.667. The molecular weight excluding hydrogens is 234 g/mol. The zero-order chi connectivity index (χ0) is 13.6. The molecule has 0 aromatic carbocycles. The van der Waals surface area contributed by atoms with Gasteiger partial charge in [0, 0.05) is 32.9 Å². The number of nitrogens with zero attached hydrogens (tertiary/aromatic N) is 2. The van der Waals surface area contributed by atoms with Gasteiger partial charge in [0.05, 0.1) is 24.0 Å². The molecule has 0 radical (unpaired) electrons. The Morgan fingerprint density at radius 1 is 1.61 bits per heavy atom. The molecule has 1 aromatic rings. The summed E-state index contributed by atoms with van der Waals surface area (Å²) in [6.07, 6.45) is 3.53. The van der Waals surface area contributed by atoms with Crippen LogP contribution in [0.2, 0.25) is 0 Å². The van der Waals surface area contributed by atoms with Crippen LogP contribution in [0.3, 0.4) is 0 Å². The van der Waals surface area contributed by atoms with Gasteiger partial charge in [0.1, 0.15) is 0 Å². The molecule has 1 rings (SSSR count). The predicted molar refractivity (Wildman–Crippen MR) is 67.2 cm³/mol. The first-order valence-corrected chi connectivity index (χ1v) is 5.89. The van der Waals surface area contributed by atoms with Crippen molar-refractivity contribution >= 4 is 5.97 Å². The Bertz CT molecular complexity index is 388. The Morgan fingerprint density at radius 3 is 2.94 bits per heavy atom. The van der Waals surface area contributed by atoms with Gasteiger partial charge < -0.3 is 19.7 Å². The molecule has 0 atom stereocenters. The molecule has 0 aliphatic carbocycles. The molecule has 6 heteroatoms. The predicted octanol–water partition coefficient (Wildman–Crippen LogP) is 0.730. The highest BCUT2D eigenvalue weighted by molar-refractivity contribution is 5.73. The molecule has 102 valence electrons. The molecule has 0 unspecified atom stereocenters. The van der Waals surface area contributed by atoms with Crippen LogP contribution < -0.4 is 5.32 Å². The maximum atomic E-state index is 11.0. The summed E-state index contributed by atoms with van der Waals surface area (Å²) in [7, 11) is 1.66. The maximum Gasteiger partial charge on any atom is 0.310 e. The molecule has 2 N–H and O–H groups in total. The molecule has 6 nitrogen and oxygen atoms in total. The number of hydrogen-bond acceptors (Lipinski definition) is 4. The van der Waals surface area contributed by atoms with Crippen LogP contribution in [0.4, 0.5) is 0 Å². The molecular formula is C12H21N3O3. The number of aliphatic carboxylic acids is 1. The monoisotopic (exact) mass is 255 g/mol. The van der Waals surface area contributed by atoms with Gasteiger partial charge in [0.2, 0.25) is 0 Å². The minimum Gasteiger partial charge on any atom is -0.481 e. The summed E-state index contributed by atoms with van der Waals surface area (Å²) in [5.41, 5.74) is 0.105. The van der Waals surface area contributed by atoms with Crippen LogP contribution in [0.15, 0.2) is 12.5 Å². The van der Waals surface area contributed by atoms with E-state index in [4.69, 9.17) is 9.84 Å². The lowest BCUT2D eigenvalue weighted by Gasteiger charge is -2.19. The molecule has 0 aliphatic heterocycles. The zero-order valence-corrected chi connectivity index (χ0v) is 11.1. The number of imidazole rings is 1. The first-order valence-electron chi connectivity index (χ1n) is 5.89. The molecule has 0 aliphatic rings. The number of carboxylic acids is 1. The van der Waals surface area contributed by atoms with Crippen LogP contribution in [-0.2, 0) is 22.6 Å². The van der Waals surface area contributed by atoms with E-state index in [2.05, 4.69) is 10.3 Å². The second-order valence-corrected chi connectivity index (χ2v) is 4.90. The van der Waals surface area contributed by atoms with Crippen molar-refractivity contribution in [1.29, 1.82) is 0 Å². The van der Waals surface area contributed by atoms with Crippen molar-refractivity contribution in [3.05, 3.63) is 18.2 Å². The van der Waals surface area contributed by atoms with Gasteiger partial charge in [-0.05, 0) is 13.8 Å². The molecule has 0 amide bonds. The highest BCUT2D eigenvalue weighted by Crippen LogP contribution is 2.18. The lowest BCUT2D eigenvalue weighted by molar-refractivity contribution is -0.147. The molecule has 1 aromatic heterocycles. The summed E-state index contributed by atoms with van der Waals surface area (Å²) in [5.74, 6) is -0.809. The lowest BCUT2D eigenvalue weighted by atomic mass is 9.94. The first-order chi connectivity index (χ1) is 8.45. The van der Waals surface area contributed by atoms with E-state index in [0.717, 1.165) is 12.2 Å². The normalized spacial score (nSPS) is 11.7. The van der Waals surface area contributed by atoms with Crippen LogP contribution in [0.5, 0.6) is 0 Å². The highest BCUT2D eigenvalue weighted by atomic mass is 16.5. The average molecular weight is 255 g/mol. The lowest BCUT2D eigenvalue weighted by Crippen LogP contribution is -2.28. The summed E-state index contributed by atoms with van der Waals surface area (Å²) >= 11 is 0. The average Bonchev–Trinajstić information content (AvgIpc) is 2.71. The Morgan fingerprint density at radius 2 is 2.33 bits per heavy atom. The molecule has 0 saturated heterocycles. The zero-order valence-electron chi connectivity index (χ0n) is 11.1. The third-order valence-corrected chi connectivity index (χ3v) is 2.63. The molecule has 0 fully saturated rings. The Balaban J connectivity index is 2.46. The number of hydrogen-bond donors (Lipinski definition) is 2. The van der Waals surface area contributed by atoms with E-state index < -0.39 is 11.4 Å². The van der Waals surface area contributed by atoms with E-state index in [1.165, 1.54) is 0 Å². The molecule has 0 saturated carbocycles. The van der Waals surface area contributed by atoms with Crippen LogP contribution in [0, 0.1) is 5.41 Å². The first kappa shape index (κ1) is 14.7. The van der Waals surface area contributed by atoms with Gasteiger partial charge in [-0.1, -0.05) is 0 Å². The van der Waals surface area contributed by atoms with Crippen molar-refractivity contribution in [3.63, 3.8) is 0 Å². The molecule has 0 bridgehead atoms. The molecule has 18 heavy (non-hydrogen) atoms. The van der Waals surface area contributed by atoms with Crippen LogP contribution in [-0.4, -0.2) is 40.9 Å². The number of aromatic nitrogens is 2. The van der Waals surface area contributed by atoms with E-state index in [-0.39, 0.29) is 0 Å². The van der Waals surface area contributed by atoms with E-state index in [0.29, 0.717) is 19.7 Å². The molecule has 1 heterocycles. The summed E-state index contributed by atoms with van der Waals surface area (Å²) in [6, 6.07) is 0.